The summed E-state index contributed by atoms with van der Waals surface area (Å²) in [6.07, 6.45) is 0. The summed E-state index contributed by atoms with van der Waals surface area (Å²) in [6.45, 7) is 5.57. The van der Waals surface area contributed by atoms with Crippen molar-refractivity contribution in [3.63, 3.8) is 0 Å². The molecule has 86 valence electrons. The van der Waals surface area contributed by atoms with Gasteiger partial charge in [-0.3, -0.25) is 0 Å². The van der Waals surface area contributed by atoms with Gasteiger partial charge in [-0.15, -0.1) is 0 Å². The van der Waals surface area contributed by atoms with Crippen LogP contribution in [0.3, 0.4) is 0 Å². The lowest BCUT2D eigenvalue weighted by Gasteiger charge is -2.05. The Morgan fingerprint density at radius 1 is 1.29 bits per heavy atom. The van der Waals surface area contributed by atoms with Gasteiger partial charge in [0.2, 0.25) is 0 Å². The molecule has 0 aliphatic carbocycles. The Kier molecular flexibility index (Phi) is 2.56. The van der Waals surface area contributed by atoms with Crippen LogP contribution in [-0.2, 0) is 0 Å². The molecule has 0 saturated carbocycles. The number of aryl methyl sites for hydroxylation is 2. The van der Waals surface area contributed by atoms with Gasteiger partial charge in [-0.25, -0.2) is 9.67 Å². The molecule has 2 N–H and O–H groups in total. The standard InChI is InChI=1S/C12H13N5/c1-7-4-10(6-13)5-11(15-7)17-9(3)12(14)8(2)16-17/h4-5H,14H2,1-3H3. The molecule has 2 aromatic heterocycles. The van der Waals surface area contributed by atoms with Crippen LogP contribution in [0, 0.1) is 32.1 Å². The maximum atomic E-state index is 8.93. The SMILES string of the molecule is Cc1cc(C#N)cc(-n2nc(C)c(N)c2C)n1. The monoisotopic (exact) mass is 227 g/mol. The number of aromatic nitrogens is 3. The van der Waals surface area contributed by atoms with Crippen molar-refractivity contribution in [2.75, 3.05) is 5.73 Å². The number of nitrogen functional groups attached to an aromatic ring is 1. The number of rotatable bonds is 1. The lowest BCUT2D eigenvalue weighted by atomic mass is 10.2. The number of nitrogens with two attached hydrogens (primary N) is 1. The van der Waals surface area contributed by atoms with Crippen molar-refractivity contribution in [2.24, 2.45) is 0 Å². The third-order valence-electron chi connectivity index (χ3n) is 2.63. The van der Waals surface area contributed by atoms with E-state index < -0.39 is 0 Å². The predicted molar refractivity (Wildman–Crippen MR) is 64.7 cm³/mol. The Bertz CT molecular complexity index is 619. The van der Waals surface area contributed by atoms with Crippen LogP contribution in [0.1, 0.15) is 22.6 Å². The molecule has 0 amide bonds. The van der Waals surface area contributed by atoms with E-state index >= 15 is 0 Å². The van der Waals surface area contributed by atoms with Gasteiger partial charge in [0.25, 0.3) is 0 Å². The highest BCUT2D eigenvalue weighted by atomic mass is 15.3. The fraction of sp³-hybridized carbons (Fsp3) is 0.250. The van der Waals surface area contributed by atoms with Gasteiger partial charge in [0, 0.05) is 11.8 Å². The molecule has 0 bridgehead atoms. The normalized spacial score (nSPS) is 10.2. The summed E-state index contributed by atoms with van der Waals surface area (Å²) in [4.78, 5) is 4.36. The van der Waals surface area contributed by atoms with E-state index in [1.165, 1.54) is 0 Å². The Hall–Kier alpha value is -2.35. The first-order chi connectivity index (χ1) is 8.02. The minimum atomic E-state index is 0.568. The molecular formula is C12H13N5. The van der Waals surface area contributed by atoms with Crippen molar-refractivity contribution in [3.05, 3.63) is 34.8 Å². The summed E-state index contributed by atoms with van der Waals surface area (Å²) in [6, 6.07) is 5.54. The maximum Gasteiger partial charge on any atom is 0.155 e. The summed E-state index contributed by atoms with van der Waals surface area (Å²) in [7, 11) is 0. The Labute approximate surface area is 99.5 Å². The second-order valence-corrected chi connectivity index (χ2v) is 3.96. The summed E-state index contributed by atoms with van der Waals surface area (Å²) < 4.78 is 1.67. The Morgan fingerprint density at radius 3 is 2.53 bits per heavy atom. The summed E-state index contributed by atoms with van der Waals surface area (Å²) in [5.41, 5.74) is 9.49. The molecular weight excluding hydrogens is 214 g/mol. The van der Waals surface area contributed by atoms with Crippen LogP contribution in [0.25, 0.3) is 5.82 Å². The number of hydrogen-bond donors (Lipinski definition) is 1. The van der Waals surface area contributed by atoms with Crippen molar-refractivity contribution in [3.8, 4) is 11.9 Å². The van der Waals surface area contributed by atoms with E-state index in [2.05, 4.69) is 16.2 Å². The number of pyridine rings is 1. The summed E-state index contributed by atoms with van der Waals surface area (Å²) in [5, 5.41) is 13.2. The van der Waals surface area contributed by atoms with Crippen LogP contribution < -0.4 is 5.73 Å². The number of anilines is 1. The molecule has 5 heteroatoms. The van der Waals surface area contributed by atoms with Crippen molar-refractivity contribution in [1.29, 1.82) is 5.26 Å². The maximum absolute atomic E-state index is 8.93. The molecule has 0 aliphatic heterocycles. The smallest absolute Gasteiger partial charge is 0.155 e. The molecule has 0 unspecified atom stereocenters. The van der Waals surface area contributed by atoms with Crippen LogP contribution in [0.5, 0.6) is 0 Å². The minimum absolute atomic E-state index is 0.568. The van der Waals surface area contributed by atoms with Gasteiger partial charge < -0.3 is 5.73 Å². The van der Waals surface area contributed by atoms with E-state index in [0.29, 0.717) is 17.1 Å². The van der Waals surface area contributed by atoms with E-state index in [9.17, 15) is 0 Å². The average molecular weight is 227 g/mol. The third-order valence-corrected chi connectivity index (χ3v) is 2.63. The molecule has 17 heavy (non-hydrogen) atoms. The zero-order chi connectivity index (χ0) is 12.6. The lowest BCUT2D eigenvalue weighted by Crippen LogP contribution is -2.04. The molecule has 0 aromatic carbocycles. The van der Waals surface area contributed by atoms with Crippen molar-refractivity contribution in [1.82, 2.24) is 14.8 Å². The Morgan fingerprint density at radius 2 is 2.00 bits per heavy atom. The minimum Gasteiger partial charge on any atom is -0.396 e. The van der Waals surface area contributed by atoms with Crippen LogP contribution in [0.2, 0.25) is 0 Å². The second kappa shape index (κ2) is 3.91. The highest BCUT2D eigenvalue weighted by Gasteiger charge is 2.11. The molecule has 0 atom stereocenters. The van der Waals surface area contributed by atoms with E-state index in [1.54, 1.807) is 16.8 Å². The van der Waals surface area contributed by atoms with E-state index in [0.717, 1.165) is 17.1 Å². The molecule has 0 saturated heterocycles. The molecule has 0 radical (unpaired) electrons. The molecule has 0 spiro atoms. The molecule has 0 aliphatic rings. The largest absolute Gasteiger partial charge is 0.396 e. The first kappa shape index (κ1) is 11.1. The molecule has 2 aromatic rings. The van der Waals surface area contributed by atoms with Crippen molar-refractivity contribution < 1.29 is 0 Å². The molecule has 2 rings (SSSR count). The van der Waals surface area contributed by atoms with Crippen molar-refractivity contribution >= 4 is 5.69 Å². The fourth-order valence-corrected chi connectivity index (χ4v) is 1.70. The summed E-state index contributed by atoms with van der Waals surface area (Å²) in [5.74, 6) is 0.624. The topological polar surface area (TPSA) is 80.5 Å². The fourth-order valence-electron chi connectivity index (χ4n) is 1.70. The number of nitrogens with zero attached hydrogens (tertiary/aromatic N) is 4. The molecule has 2 heterocycles. The van der Waals surface area contributed by atoms with Gasteiger partial charge in [-0.05, 0) is 26.8 Å². The first-order valence-corrected chi connectivity index (χ1v) is 5.24. The van der Waals surface area contributed by atoms with Gasteiger partial charge in [0.15, 0.2) is 5.82 Å². The second-order valence-electron chi connectivity index (χ2n) is 3.96. The van der Waals surface area contributed by atoms with Gasteiger partial charge in [0.05, 0.1) is 28.7 Å². The number of nitriles is 1. The highest BCUT2D eigenvalue weighted by molar-refractivity contribution is 5.50. The average Bonchev–Trinajstić information content (AvgIpc) is 2.56. The van der Waals surface area contributed by atoms with Gasteiger partial charge in [-0.1, -0.05) is 0 Å². The quantitative estimate of drug-likeness (QED) is 0.803. The predicted octanol–water partition coefficient (Wildman–Crippen LogP) is 1.65. The molecule has 5 nitrogen and oxygen atoms in total. The lowest BCUT2D eigenvalue weighted by molar-refractivity contribution is 0.801. The first-order valence-electron chi connectivity index (χ1n) is 5.24. The van der Waals surface area contributed by atoms with Crippen molar-refractivity contribution in [2.45, 2.75) is 20.8 Å². The van der Waals surface area contributed by atoms with E-state index in [-0.39, 0.29) is 0 Å². The van der Waals surface area contributed by atoms with Crippen LogP contribution in [-0.4, -0.2) is 14.8 Å². The zero-order valence-corrected chi connectivity index (χ0v) is 10.0. The highest BCUT2D eigenvalue weighted by Crippen LogP contribution is 2.19. The third kappa shape index (κ3) is 1.85. The van der Waals surface area contributed by atoms with Crippen LogP contribution in [0.4, 0.5) is 5.69 Å². The van der Waals surface area contributed by atoms with E-state index in [1.807, 2.05) is 20.8 Å². The molecule has 0 fully saturated rings. The zero-order valence-electron chi connectivity index (χ0n) is 10.0. The van der Waals surface area contributed by atoms with Gasteiger partial charge in [0.1, 0.15) is 0 Å². The van der Waals surface area contributed by atoms with Crippen LogP contribution in [0.15, 0.2) is 12.1 Å². The van der Waals surface area contributed by atoms with E-state index in [4.69, 9.17) is 11.0 Å². The number of hydrogen-bond acceptors (Lipinski definition) is 4. The van der Waals surface area contributed by atoms with Gasteiger partial charge in [-0.2, -0.15) is 10.4 Å². The van der Waals surface area contributed by atoms with Crippen LogP contribution >= 0.6 is 0 Å². The summed E-state index contributed by atoms with van der Waals surface area (Å²) >= 11 is 0. The Balaban J connectivity index is 2.65. The van der Waals surface area contributed by atoms with Gasteiger partial charge >= 0.3 is 0 Å².